The maximum absolute atomic E-state index is 13.8. The van der Waals surface area contributed by atoms with Crippen LogP contribution in [0.2, 0.25) is 10.0 Å². The smallest absolute Gasteiger partial charge is 0.347 e. The summed E-state index contributed by atoms with van der Waals surface area (Å²) < 4.78 is 0. The molecule has 13 heteroatoms. The van der Waals surface area contributed by atoms with Crippen LogP contribution >= 0.6 is 23.2 Å². The molecule has 0 aromatic heterocycles. The van der Waals surface area contributed by atoms with Crippen molar-refractivity contribution >= 4 is 64.4 Å². The summed E-state index contributed by atoms with van der Waals surface area (Å²) in [7, 11) is 3.87. The Hall–Kier alpha value is -4.32. The lowest BCUT2D eigenvalue weighted by Gasteiger charge is -2.38. The summed E-state index contributed by atoms with van der Waals surface area (Å²) in [6, 6.07) is 18.7. The van der Waals surface area contributed by atoms with Crippen LogP contribution in [-0.4, -0.2) is 71.7 Å². The van der Waals surface area contributed by atoms with E-state index in [2.05, 4.69) is 15.8 Å². The standard InChI is InChI=1S/C29H31Cl2N7O4/c1-29(2)26(38(42)27(40)33-22-11-7-20(30)8-12-22)37(24-15-9-21(31)10-16-24)28(41)36(29)18-25(39)34-32-17-19-5-13-23(14-6-19)35(3)4/h5-17,26,42H,18H2,1-4H3,(H,33,40)(H,34,39)/t26-/m0/s1. The third kappa shape index (κ3) is 6.76. The number of halogens is 2. The van der Waals surface area contributed by atoms with E-state index in [4.69, 9.17) is 23.2 Å². The topological polar surface area (TPSA) is 121 Å². The van der Waals surface area contributed by atoms with Gasteiger partial charge in [-0.05, 0) is 80.1 Å². The fourth-order valence-electron chi connectivity index (χ4n) is 4.51. The van der Waals surface area contributed by atoms with Crippen molar-refractivity contribution in [3.8, 4) is 0 Å². The summed E-state index contributed by atoms with van der Waals surface area (Å²) in [5.74, 6) is -0.565. The Morgan fingerprint density at radius 3 is 2.12 bits per heavy atom. The molecule has 3 aromatic rings. The zero-order valence-electron chi connectivity index (χ0n) is 23.5. The molecular formula is C29H31Cl2N7O4. The zero-order valence-corrected chi connectivity index (χ0v) is 25.0. The van der Waals surface area contributed by atoms with Crippen LogP contribution in [0.15, 0.2) is 77.9 Å². The minimum Gasteiger partial charge on any atom is -0.378 e. The summed E-state index contributed by atoms with van der Waals surface area (Å²) in [5.41, 5.74) is 3.74. The van der Waals surface area contributed by atoms with Crippen LogP contribution in [0.1, 0.15) is 19.4 Å². The van der Waals surface area contributed by atoms with E-state index >= 15 is 0 Å². The highest BCUT2D eigenvalue weighted by molar-refractivity contribution is 6.31. The van der Waals surface area contributed by atoms with Crippen molar-refractivity contribution in [1.82, 2.24) is 15.4 Å². The van der Waals surface area contributed by atoms with Gasteiger partial charge < -0.3 is 15.1 Å². The van der Waals surface area contributed by atoms with Crippen LogP contribution in [0.25, 0.3) is 0 Å². The number of hydrazone groups is 1. The molecule has 0 aliphatic carbocycles. The lowest BCUT2D eigenvalue weighted by Crippen LogP contribution is -2.58. The van der Waals surface area contributed by atoms with Crippen LogP contribution in [0.3, 0.4) is 0 Å². The lowest BCUT2D eigenvalue weighted by molar-refractivity contribution is -0.124. The first-order chi connectivity index (χ1) is 19.9. The maximum Gasteiger partial charge on any atom is 0.347 e. The number of anilines is 3. The van der Waals surface area contributed by atoms with E-state index in [1.54, 1.807) is 62.4 Å². The van der Waals surface area contributed by atoms with Gasteiger partial charge in [0.1, 0.15) is 6.54 Å². The van der Waals surface area contributed by atoms with Crippen molar-refractivity contribution in [2.75, 3.05) is 35.8 Å². The van der Waals surface area contributed by atoms with Gasteiger partial charge in [-0.15, -0.1) is 0 Å². The summed E-state index contributed by atoms with van der Waals surface area (Å²) in [6.45, 7) is 2.90. The number of urea groups is 2. The van der Waals surface area contributed by atoms with E-state index in [0.717, 1.165) is 11.3 Å². The fourth-order valence-corrected chi connectivity index (χ4v) is 4.76. The monoisotopic (exact) mass is 611 g/mol. The first-order valence-electron chi connectivity index (χ1n) is 12.9. The number of nitrogens with one attached hydrogen (secondary N) is 2. The number of amides is 5. The van der Waals surface area contributed by atoms with Gasteiger partial charge in [0, 0.05) is 41.2 Å². The molecule has 0 spiro atoms. The molecule has 5 amide bonds. The summed E-state index contributed by atoms with van der Waals surface area (Å²) in [6.07, 6.45) is 0.262. The largest absolute Gasteiger partial charge is 0.378 e. The van der Waals surface area contributed by atoms with E-state index in [1.807, 2.05) is 43.3 Å². The highest BCUT2D eigenvalue weighted by Crippen LogP contribution is 2.38. The van der Waals surface area contributed by atoms with E-state index < -0.39 is 36.2 Å². The van der Waals surface area contributed by atoms with E-state index in [0.29, 0.717) is 26.5 Å². The van der Waals surface area contributed by atoms with Gasteiger partial charge in [-0.1, -0.05) is 35.3 Å². The molecule has 3 N–H and O–H groups in total. The van der Waals surface area contributed by atoms with Gasteiger partial charge in [-0.2, -0.15) is 10.2 Å². The number of carbonyl (C=O) groups is 3. The van der Waals surface area contributed by atoms with Crippen LogP contribution in [-0.2, 0) is 4.79 Å². The molecule has 3 aromatic carbocycles. The number of benzene rings is 3. The Balaban J connectivity index is 1.54. The molecule has 4 rings (SSSR count). The Kier molecular flexibility index (Phi) is 9.25. The van der Waals surface area contributed by atoms with Gasteiger partial charge in [0.2, 0.25) is 0 Å². The van der Waals surface area contributed by atoms with Crippen molar-refractivity contribution in [3.05, 3.63) is 88.4 Å². The quantitative estimate of drug-likeness (QED) is 0.177. The second kappa shape index (κ2) is 12.7. The number of hydroxylamine groups is 2. The molecule has 220 valence electrons. The first-order valence-corrected chi connectivity index (χ1v) is 13.6. The van der Waals surface area contributed by atoms with Gasteiger partial charge in [0.15, 0.2) is 6.17 Å². The number of carbonyl (C=O) groups excluding carboxylic acids is 3. The minimum absolute atomic E-state index is 0.364. The number of hydrogen-bond donors (Lipinski definition) is 3. The SMILES string of the molecule is CN(C)c1ccc(C=NNC(=O)CN2C(=O)N(c3ccc(Cl)cc3)[C@@H](N(O)C(=O)Nc3ccc(Cl)cc3)C2(C)C)cc1. The van der Waals surface area contributed by atoms with Crippen LogP contribution in [0, 0.1) is 0 Å². The van der Waals surface area contributed by atoms with Crippen LogP contribution in [0.4, 0.5) is 26.7 Å². The molecule has 1 aliphatic heterocycles. The average Bonchev–Trinajstić information content (AvgIpc) is 3.14. The number of hydrogen-bond acceptors (Lipinski definition) is 6. The molecular weight excluding hydrogens is 581 g/mol. The average molecular weight is 613 g/mol. The summed E-state index contributed by atoms with van der Waals surface area (Å²) in [5, 5.41) is 19.1. The Morgan fingerprint density at radius 1 is 0.976 bits per heavy atom. The number of nitrogens with zero attached hydrogens (tertiary/aromatic N) is 5. The van der Waals surface area contributed by atoms with Crippen molar-refractivity contribution in [1.29, 1.82) is 0 Å². The van der Waals surface area contributed by atoms with Crippen molar-refractivity contribution < 1.29 is 19.6 Å². The molecule has 1 heterocycles. The molecule has 0 bridgehead atoms. The summed E-state index contributed by atoms with van der Waals surface area (Å²) in [4.78, 5) is 44.3. The van der Waals surface area contributed by atoms with Crippen molar-refractivity contribution in [2.45, 2.75) is 25.6 Å². The third-order valence-corrected chi connectivity index (χ3v) is 7.27. The molecule has 0 radical (unpaired) electrons. The molecule has 1 atom stereocenters. The Labute approximate surface area is 253 Å². The predicted octanol–water partition coefficient (Wildman–Crippen LogP) is 5.48. The lowest BCUT2D eigenvalue weighted by atomic mass is 9.99. The Morgan fingerprint density at radius 2 is 1.55 bits per heavy atom. The zero-order chi connectivity index (χ0) is 30.6. The predicted molar refractivity (Wildman–Crippen MR) is 165 cm³/mol. The second-order valence-corrected chi connectivity index (χ2v) is 11.2. The highest BCUT2D eigenvalue weighted by Gasteiger charge is 2.56. The first kappa shape index (κ1) is 30.6. The molecule has 0 unspecified atom stereocenters. The van der Waals surface area contributed by atoms with E-state index in [1.165, 1.54) is 16.0 Å². The molecule has 11 nitrogen and oxygen atoms in total. The molecule has 42 heavy (non-hydrogen) atoms. The Bertz CT molecular complexity index is 1460. The summed E-state index contributed by atoms with van der Waals surface area (Å²) >= 11 is 12.0. The molecule has 0 saturated carbocycles. The van der Waals surface area contributed by atoms with E-state index in [-0.39, 0.29) is 0 Å². The van der Waals surface area contributed by atoms with Gasteiger partial charge in [-0.3, -0.25) is 14.9 Å². The third-order valence-electron chi connectivity index (χ3n) is 6.76. The maximum atomic E-state index is 13.8. The van der Waals surface area contributed by atoms with Crippen molar-refractivity contribution in [3.63, 3.8) is 0 Å². The van der Waals surface area contributed by atoms with Crippen molar-refractivity contribution in [2.24, 2.45) is 5.10 Å². The van der Waals surface area contributed by atoms with Gasteiger partial charge in [0.05, 0.1) is 11.8 Å². The van der Waals surface area contributed by atoms with Crippen LogP contribution in [0.5, 0.6) is 0 Å². The van der Waals surface area contributed by atoms with Gasteiger partial charge >= 0.3 is 12.1 Å². The molecule has 1 fully saturated rings. The van der Waals surface area contributed by atoms with Crippen LogP contribution < -0.4 is 20.5 Å². The van der Waals surface area contributed by atoms with Gasteiger partial charge in [-0.25, -0.2) is 15.0 Å². The normalized spacial score (nSPS) is 16.1. The molecule has 1 saturated heterocycles. The highest BCUT2D eigenvalue weighted by atomic mass is 35.5. The molecule has 1 aliphatic rings. The second-order valence-electron chi connectivity index (χ2n) is 10.3. The number of rotatable bonds is 8. The fraction of sp³-hybridized carbons (Fsp3) is 0.241. The minimum atomic E-state index is -1.24. The van der Waals surface area contributed by atoms with E-state index in [9.17, 15) is 19.6 Å². The van der Waals surface area contributed by atoms with Gasteiger partial charge in [0.25, 0.3) is 5.91 Å².